The molecule has 0 radical (unpaired) electrons. The van der Waals surface area contributed by atoms with Gasteiger partial charge in [-0.2, -0.15) is 0 Å². The summed E-state index contributed by atoms with van der Waals surface area (Å²) in [5.74, 6) is 13.7. The summed E-state index contributed by atoms with van der Waals surface area (Å²) < 4.78 is 0. The average Bonchev–Trinajstić information content (AvgIpc) is 3.46. The van der Waals surface area contributed by atoms with Gasteiger partial charge in [0.2, 0.25) is 0 Å². The largest absolute Gasteiger partial charge is 0.0654 e. The SMILES string of the molecule is CC1CCC(C2C(C)CC(C)C2C)CC1.CCCCC1C(C)CC2CCCC2C1C1CCC(CC)CC1. The molecule has 0 aromatic heterocycles. The molecule has 5 rings (SSSR count). The number of hydrogen-bond acceptors (Lipinski definition) is 0. The maximum atomic E-state index is 2.61. The predicted molar refractivity (Wildman–Crippen MR) is 164 cm³/mol. The maximum absolute atomic E-state index is 2.61. The van der Waals surface area contributed by atoms with Gasteiger partial charge in [0.05, 0.1) is 0 Å². The molecule has 0 aromatic carbocycles. The zero-order valence-electron chi connectivity index (χ0n) is 26.5. The van der Waals surface area contributed by atoms with Gasteiger partial charge >= 0.3 is 0 Å². The first-order valence-corrected chi connectivity index (χ1v) is 17.8. The van der Waals surface area contributed by atoms with Gasteiger partial charge in [0.25, 0.3) is 0 Å². The number of fused-ring (bicyclic) bond motifs is 1. The quantitative estimate of drug-likeness (QED) is 0.332. The Bertz CT molecular complexity index is 634. The summed E-state index contributed by atoms with van der Waals surface area (Å²) in [4.78, 5) is 0. The Balaban J connectivity index is 0.000000186. The first kappa shape index (κ1) is 30.0. The summed E-state index contributed by atoms with van der Waals surface area (Å²) in [7, 11) is 0. The monoisotopic (exact) mass is 513 g/mol. The molecule has 0 bridgehead atoms. The van der Waals surface area contributed by atoms with Crippen LogP contribution in [0.5, 0.6) is 0 Å². The highest BCUT2D eigenvalue weighted by Gasteiger charge is 2.47. The van der Waals surface area contributed by atoms with Crippen molar-refractivity contribution >= 4 is 0 Å². The van der Waals surface area contributed by atoms with E-state index in [1.54, 1.807) is 57.8 Å². The first-order chi connectivity index (χ1) is 17.8. The molecule has 9 atom stereocenters. The summed E-state index contributed by atoms with van der Waals surface area (Å²) in [5.41, 5.74) is 0. The maximum Gasteiger partial charge on any atom is -0.0324 e. The van der Waals surface area contributed by atoms with E-state index in [4.69, 9.17) is 0 Å². The lowest BCUT2D eigenvalue weighted by Gasteiger charge is -2.49. The van der Waals surface area contributed by atoms with E-state index in [9.17, 15) is 0 Å². The molecule has 0 heteroatoms. The third kappa shape index (κ3) is 7.20. The molecule has 9 unspecified atom stereocenters. The molecule has 5 aliphatic rings. The molecule has 0 aromatic rings. The van der Waals surface area contributed by atoms with Crippen LogP contribution < -0.4 is 0 Å². The molecular formula is C37H68. The van der Waals surface area contributed by atoms with Gasteiger partial charge in [0.15, 0.2) is 0 Å². The number of rotatable bonds is 6. The molecule has 0 nitrogen and oxygen atoms in total. The summed E-state index contributed by atoms with van der Waals surface area (Å²) in [6.07, 6.45) is 25.9. The van der Waals surface area contributed by atoms with Crippen molar-refractivity contribution in [3.63, 3.8) is 0 Å². The smallest absolute Gasteiger partial charge is 0.0324 e. The van der Waals surface area contributed by atoms with Crippen LogP contribution in [0.15, 0.2) is 0 Å². The van der Waals surface area contributed by atoms with Gasteiger partial charge in [-0.15, -0.1) is 0 Å². The standard InChI is InChI=1S/C22H40.C15H28/c1-4-6-9-20-16(3)15-19-8-7-10-21(19)22(20)18-13-11-17(5-2)12-14-18;1-10-5-7-14(8-6-10)15-12(3)9-11(2)13(15)4/h16-22H,4-15H2,1-3H3;10-15H,5-9H2,1-4H3. The van der Waals surface area contributed by atoms with E-state index >= 15 is 0 Å². The van der Waals surface area contributed by atoms with E-state index in [0.29, 0.717) is 0 Å². The van der Waals surface area contributed by atoms with Gasteiger partial charge in [0, 0.05) is 0 Å². The highest BCUT2D eigenvalue weighted by molar-refractivity contribution is 4.97. The van der Waals surface area contributed by atoms with Gasteiger partial charge in [-0.1, -0.05) is 106 Å². The van der Waals surface area contributed by atoms with Crippen molar-refractivity contribution in [1.82, 2.24) is 0 Å². The second kappa shape index (κ2) is 14.1. The molecule has 0 aliphatic heterocycles. The van der Waals surface area contributed by atoms with E-state index in [1.807, 2.05) is 0 Å². The number of unbranched alkanes of at least 4 members (excludes halogenated alkanes) is 1. The predicted octanol–water partition coefficient (Wildman–Crippen LogP) is 11.8. The topological polar surface area (TPSA) is 0 Å². The first-order valence-electron chi connectivity index (χ1n) is 17.8. The van der Waals surface area contributed by atoms with Crippen LogP contribution in [0.4, 0.5) is 0 Å². The molecule has 0 saturated heterocycles. The third-order valence-electron chi connectivity index (χ3n) is 13.5. The second-order valence-electron chi connectivity index (χ2n) is 15.8. The summed E-state index contributed by atoms with van der Waals surface area (Å²) >= 11 is 0. The van der Waals surface area contributed by atoms with Crippen molar-refractivity contribution < 1.29 is 0 Å². The molecule has 37 heavy (non-hydrogen) atoms. The molecule has 0 N–H and O–H groups in total. The fourth-order valence-corrected chi connectivity index (χ4v) is 11.2. The molecule has 5 saturated carbocycles. The van der Waals surface area contributed by atoms with Crippen molar-refractivity contribution in [2.45, 2.75) is 158 Å². The van der Waals surface area contributed by atoms with Crippen LogP contribution in [0.3, 0.4) is 0 Å². The van der Waals surface area contributed by atoms with Gasteiger partial charge < -0.3 is 0 Å². The van der Waals surface area contributed by atoms with Crippen LogP contribution in [0.25, 0.3) is 0 Å². The van der Waals surface area contributed by atoms with Crippen molar-refractivity contribution in [1.29, 1.82) is 0 Å². The van der Waals surface area contributed by atoms with E-state index < -0.39 is 0 Å². The van der Waals surface area contributed by atoms with Gasteiger partial charge in [-0.3, -0.25) is 0 Å². The Hall–Kier alpha value is 0. The summed E-state index contributed by atoms with van der Waals surface area (Å²) in [5, 5.41) is 0. The summed E-state index contributed by atoms with van der Waals surface area (Å²) in [6.45, 7) is 17.3. The van der Waals surface area contributed by atoms with Crippen LogP contribution in [0.2, 0.25) is 0 Å². The molecule has 0 heterocycles. The Kier molecular flexibility index (Phi) is 11.4. The third-order valence-corrected chi connectivity index (χ3v) is 13.5. The highest BCUT2D eigenvalue weighted by atomic mass is 14.5. The Morgan fingerprint density at radius 3 is 1.81 bits per heavy atom. The lowest BCUT2D eigenvalue weighted by Crippen LogP contribution is -2.42. The van der Waals surface area contributed by atoms with E-state index in [-0.39, 0.29) is 0 Å². The van der Waals surface area contributed by atoms with Crippen LogP contribution in [0.1, 0.15) is 158 Å². The van der Waals surface area contributed by atoms with Gasteiger partial charge in [-0.05, 0) is 128 Å². The fourth-order valence-electron chi connectivity index (χ4n) is 11.2. The zero-order chi connectivity index (χ0) is 26.5. The van der Waals surface area contributed by atoms with Crippen LogP contribution >= 0.6 is 0 Å². The van der Waals surface area contributed by atoms with Crippen LogP contribution in [-0.4, -0.2) is 0 Å². The molecule has 5 aliphatic carbocycles. The van der Waals surface area contributed by atoms with Crippen molar-refractivity contribution in [2.24, 2.45) is 76.9 Å². The van der Waals surface area contributed by atoms with E-state index in [2.05, 4.69) is 48.5 Å². The minimum absolute atomic E-state index is 0.976. The van der Waals surface area contributed by atoms with Crippen molar-refractivity contribution in [3.8, 4) is 0 Å². The molecular weight excluding hydrogens is 444 g/mol. The van der Waals surface area contributed by atoms with Gasteiger partial charge in [0.1, 0.15) is 0 Å². The normalized spacial score (nSPS) is 48.2. The van der Waals surface area contributed by atoms with E-state index in [1.165, 1.54) is 51.4 Å². The van der Waals surface area contributed by atoms with Crippen LogP contribution in [0, 0.1) is 76.9 Å². The number of hydrogen-bond donors (Lipinski definition) is 0. The molecule has 5 fully saturated rings. The molecule has 216 valence electrons. The minimum atomic E-state index is 0.976. The molecule has 0 amide bonds. The molecule has 0 spiro atoms. The minimum Gasteiger partial charge on any atom is -0.0654 e. The second-order valence-corrected chi connectivity index (χ2v) is 15.8. The highest BCUT2D eigenvalue weighted by Crippen LogP contribution is 2.56. The fraction of sp³-hybridized carbons (Fsp3) is 1.00. The summed E-state index contributed by atoms with van der Waals surface area (Å²) in [6, 6.07) is 0. The lowest BCUT2D eigenvalue weighted by atomic mass is 9.56. The van der Waals surface area contributed by atoms with Crippen LogP contribution in [-0.2, 0) is 0 Å². The zero-order valence-corrected chi connectivity index (χ0v) is 26.5. The van der Waals surface area contributed by atoms with E-state index in [0.717, 1.165) is 76.9 Å². The Morgan fingerprint density at radius 1 is 0.568 bits per heavy atom. The average molecular weight is 513 g/mol. The van der Waals surface area contributed by atoms with Crippen molar-refractivity contribution in [2.75, 3.05) is 0 Å². The Morgan fingerprint density at radius 2 is 1.22 bits per heavy atom. The Labute approximate surface area is 234 Å². The van der Waals surface area contributed by atoms with Gasteiger partial charge in [-0.25, -0.2) is 0 Å². The van der Waals surface area contributed by atoms with Crippen molar-refractivity contribution in [3.05, 3.63) is 0 Å². The lowest BCUT2D eigenvalue weighted by molar-refractivity contribution is -0.00258.